The van der Waals surface area contributed by atoms with Crippen molar-refractivity contribution in [3.8, 4) is 0 Å². The molecule has 0 aromatic heterocycles. The van der Waals surface area contributed by atoms with E-state index in [0.717, 1.165) is 12.8 Å². The zero-order valence-corrected chi connectivity index (χ0v) is 13.1. The first-order valence-corrected chi connectivity index (χ1v) is 7.99. The Balaban J connectivity index is 1.68. The highest BCUT2D eigenvalue weighted by atomic mass is 14.1. The van der Waals surface area contributed by atoms with Crippen molar-refractivity contribution in [1.29, 1.82) is 0 Å². The van der Waals surface area contributed by atoms with Gasteiger partial charge < -0.3 is 0 Å². The molecule has 22 heavy (non-hydrogen) atoms. The minimum absolute atomic E-state index is 1.05. The molecule has 3 rings (SSSR count). The minimum Gasteiger partial charge on any atom is -0.0769 e. The lowest BCUT2D eigenvalue weighted by molar-refractivity contribution is 0.938. The fourth-order valence-electron chi connectivity index (χ4n) is 2.85. The van der Waals surface area contributed by atoms with Crippen LogP contribution in [0.15, 0.2) is 84.5 Å². The van der Waals surface area contributed by atoms with Gasteiger partial charge in [-0.15, -0.1) is 0 Å². The van der Waals surface area contributed by atoms with Gasteiger partial charge >= 0.3 is 0 Å². The van der Waals surface area contributed by atoms with Gasteiger partial charge in [-0.1, -0.05) is 84.5 Å². The van der Waals surface area contributed by atoms with E-state index in [9.17, 15) is 0 Å². The molecule has 0 saturated carbocycles. The van der Waals surface area contributed by atoms with Gasteiger partial charge in [-0.3, -0.25) is 0 Å². The third-order valence-electron chi connectivity index (χ3n) is 4.28. The molecule has 0 radical (unpaired) electrons. The zero-order valence-electron chi connectivity index (χ0n) is 13.1. The lowest BCUT2D eigenvalue weighted by atomic mass is 9.91. The van der Waals surface area contributed by atoms with Gasteiger partial charge in [0, 0.05) is 0 Å². The predicted molar refractivity (Wildman–Crippen MR) is 96.4 cm³/mol. The SMILES string of the molecule is C/C(=C\CC1=CC=C(c2ccccc2)CC1)c1ccccc1. The molecule has 0 aliphatic heterocycles. The van der Waals surface area contributed by atoms with Crippen molar-refractivity contribution in [3.63, 3.8) is 0 Å². The normalized spacial score (nSPS) is 15.2. The summed E-state index contributed by atoms with van der Waals surface area (Å²) in [5.74, 6) is 0. The molecular weight excluding hydrogens is 264 g/mol. The van der Waals surface area contributed by atoms with Crippen LogP contribution in [0.5, 0.6) is 0 Å². The summed E-state index contributed by atoms with van der Waals surface area (Å²) in [5, 5.41) is 0. The summed E-state index contributed by atoms with van der Waals surface area (Å²) in [5.41, 5.74) is 7.01. The van der Waals surface area contributed by atoms with Gasteiger partial charge in [-0.25, -0.2) is 0 Å². The van der Waals surface area contributed by atoms with Crippen LogP contribution in [0.1, 0.15) is 37.3 Å². The Labute approximate surface area is 133 Å². The van der Waals surface area contributed by atoms with E-state index in [-0.39, 0.29) is 0 Å². The predicted octanol–water partition coefficient (Wildman–Crippen LogP) is 6.28. The standard InChI is InChI=1S/C22H22/c1-18(20-8-4-2-5-9-20)12-13-19-14-16-22(17-15-19)21-10-6-3-7-11-21/h2-12,14,16H,13,15,17H2,1H3/b18-12+. The highest BCUT2D eigenvalue weighted by molar-refractivity contribution is 5.69. The lowest BCUT2D eigenvalue weighted by Gasteiger charge is -2.14. The van der Waals surface area contributed by atoms with Crippen molar-refractivity contribution < 1.29 is 0 Å². The molecule has 0 spiro atoms. The van der Waals surface area contributed by atoms with E-state index in [2.05, 4.69) is 85.8 Å². The number of hydrogen-bond donors (Lipinski definition) is 0. The molecule has 1 aliphatic rings. The highest BCUT2D eigenvalue weighted by Crippen LogP contribution is 2.28. The van der Waals surface area contributed by atoms with Crippen LogP contribution in [0.25, 0.3) is 11.1 Å². The monoisotopic (exact) mass is 286 g/mol. The summed E-state index contributed by atoms with van der Waals surface area (Å²) in [7, 11) is 0. The Morgan fingerprint density at radius 3 is 2.18 bits per heavy atom. The molecule has 0 saturated heterocycles. The van der Waals surface area contributed by atoms with Crippen molar-refractivity contribution in [2.45, 2.75) is 26.2 Å². The van der Waals surface area contributed by atoms with Gasteiger partial charge in [0.15, 0.2) is 0 Å². The van der Waals surface area contributed by atoms with Crippen LogP contribution in [-0.2, 0) is 0 Å². The largest absolute Gasteiger partial charge is 0.0769 e. The Hall–Kier alpha value is -2.34. The molecule has 0 fully saturated rings. The Morgan fingerprint density at radius 1 is 0.864 bits per heavy atom. The third-order valence-corrected chi connectivity index (χ3v) is 4.28. The first-order valence-electron chi connectivity index (χ1n) is 7.99. The van der Waals surface area contributed by atoms with E-state index in [4.69, 9.17) is 0 Å². The van der Waals surface area contributed by atoms with Crippen molar-refractivity contribution in [2.75, 3.05) is 0 Å². The summed E-state index contributed by atoms with van der Waals surface area (Å²) in [6.07, 6.45) is 10.3. The van der Waals surface area contributed by atoms with Gasteiger partial charge in [0.2, 0.25) is 0 Å². The Kier molecular flexibility index (Phi) is 4.70. The second-order valence-corrected chi connectivity index (χ2v) is 5.84. The fraction of sp³-hybridized carbons (Fsp3) is 0.182. The molecule has 0 N–H and O–H groups in total. The average Bonchev–Trinajstić information content (AvgIpc) is 2.61. The Morgan fingerprint density at radius 2 is 1.55 bits per heavy atom. The first-order chi connectivity index (χ1) is 10.8. The fourth-order valence-corrected chi connectivity index (χ4v) is 2.85. The van der Waals surface area contributed by atoms with Gasteiger partial charge in [0.1, 0.15) is 0 Å². The molecule has 0 unspecified atom stereocenters. The summed E-state index contributed by atoms with van der Waals surface area (Å²) < 4.78 is 0. The summed E-state index contributed by atoms with van der Waals surface area (Å²) in [6.45, 7) is 2.20. The summed E-state index contributed by atoms with van der Waals surface area (Å²) in [6, 6.07) is 21.3. The molecule has 110 valence electrons. The molecule has 2 aromatic rings. The van der Waals surface area contributed by atoms with Crippen molar-refractivity contribution in [1.82, 2.24) is 0 Å². The quantitative estimate of drug-likeness (QED) is 0.620. The zero-order chi connectivity index (χ0) is 15.2. The van der Waals surface area contributed by atoms with Gasteiger partial charge in [-0.05, 0) is 48.5 Å². The third kappa shape index (κ3) is 3.65. The summed E-state index contributed by atoms with van der Waals surface area (Å²) in [4.78, 5) is 0. The number of rotatable bonds is 4. The van der Waals surface area contributed by atoms with Gasteiger partial charge in [0.05, 0.1) is 0 Å². The van der Waals surface area contributed by atoms with E-state index >= 15 is 0 Å². The molecular formula is C22H22. The number of benzene rings is 2. The smallest absolute Gasteiger partial charge is 0.0130 e. The van der Waals surface area contributed by atoms with Crippen LogP contribution < -0.4 is 0 Å². The molecule has 0 atom stereocenters. The molecule has 0 amide bonds. The van der Waals surface area contributed by atoms with Crippen LogP contribution in [0.2, 0.25) is 0 Å². The maximum Gasteiger partial charge on any atom is -0.0130 e. The van der Waals surface area contributed by atoms with Crippen LogP contribution in [0.3, 0.4) is 0 Å². The van der Waals surface area contributed by atoms with Crippen LogP contribution >= 0.6 is 0 Å². The lowest BCUT2D eigenvalue weighted by Crippen LogP contribution is -1.93. The van der Waals surface area contributed by atoms with E-state index in [0.29, 0.717) is 0 Å². The first kappa shape index (κ1) is 14.6. The second kappa shape index (κ2) is 7.09. The number of hydrogen-bond acceptors (Lipinski definition) is 0. The molecule has 1 aliphatic carbocycles. The average molecular weight is 286 g/mol. The van der Waals surface area contributed by atoms with Crippen molar-refractivity contribution in [2.24, 2.45) is 0 Å². The van der Waals surface area contributed by atoms with Gasteiger partial charge in [0.25, 0.3) is 0 Å². The molecule has 0 heteroatoms. The second-order valence-electron chi connectivity index (χ2n) is 5.84. The Bertz CT molecular complexity index is 700. The van der Waals surface area contributed by atoms with E-state index in [1.54, 1.807) is 0 Å². The van der Waals surface area contributed by atoms with E-state index in [1.807, 2.05) is 0 Å². The van der Waals surface area contributed by atoms with E-state index < -0.39 is 0 Å². The minimum atomic E-state index is 1.05. The van der Waals surface area contributed by atoms with Crippen molar-refractivity contribution >= 4 is 11.1 Å². The summed E-state index contributed by atoms with van der Waals surface area (Å²) >= 11 is 0. The molecule has 0 bridgehead atoms. The maximum absolute atomic E-state index is 2.35. The van der Waals surface area contributed by atoms with Crippen LogP contribution in [-0.4, -0.2) is 0 Å². The van der Waals surface area contributed by atoms with Crippen LogP contribution in [0, 0.1) is 0 Å². The molecule has 0 nitrogen and oxygen atoms in total. The highest BCUT2D eigenvalue weighted by Gasteiger charge is 2.07. The van der Waals surface area contributed by atoms with Crippen LogP contribution in [0.4, 0.5) is 0 Å². The van der Waals surface area contributed by atoms with E-state index in [1.165, 1.54) is 34.3 Å². The van der Waals surface area contributed by atoms with Gasteiger partial charge in [-0.2, -0.15) is 0 Å². The maximum atomic E-state index is 2.35. The molecule has 0 heterocycles. The topological polar surface area (TPSA) is 0 Å². The molecule has 2 aromatic carbocycles. The van der Waals surface area contributed by atoms with Crippen molar-refractivity contribution in [3.05, 3.63) is 95.6 Å². The number of allylic oxidation sites excluding steroid dienone is 6.